The zero-order valence-electron chi connectivity index (χ0n) is 13.5. The molecule has 3 rings (SSSR count). The van der Waals surface area contributed by atoms with Crippen molar-refractivity contribution >= 4 is 23.2 Å². The van der Waals surface area contributed by atoms with E-state index in [0.29, 0.717) is 22.9 Å². The maximum atomic E-state index is 12.0. The molecule has 0 bridgehead atoms. The molecule has 1 heterocycles. The number of amides is 2. The fourth-order valence-electron chi connectivity index (χ4n) is 2.34. The van der Waals surface area contributed by atoms with E-state index in [1.807, 2.05) is 25.1 Å². The summed E-state index contributed by atoms with van der Waals surface area (Å²) >= 11 is 0. The summed E-state index contributed by atoms with van der Waals surface area (Å²) in [4.78, 5) is 23.6. The Morgan fingerprint density at radius 1 is 1.29 bits per heavy atom. The van der Waals surface area contributed by atoms with Crippen molar-refractivity contribution < 1.29 is 19.1 Å². The van der Waals surface area contributed by atoms with Crippen LogP contribution in [0.3, 0.4) is 0 Å². The van der Waals surface area contributed by atoms with E-state index >= 15 is 0 Å². The first-order chi connectivity index (χ1) is 11.5. The van der Waals surface area contributed by atoms with Crippen LogP contribution < -0.4 is 20.1 Å². The molecule has 2 aromatic carbocycles. The smallest absolute Gasteiger partial charge is 0.265 e. The SMILES string of the molecule is Cc1cccc(OCC(=O)Nc2ccc3c(c2)NC(=O)[C@@H](C)O3)c1. The molecule has 0 saturated heterocycles. The number of ether oxygens (including phenoxy) is 2. The zero-order chi connectivity index (χ0) is 17.1. The quantitative estimate of drug-likeness (QED) is 0.906. The molecule has 1 atom stereocenters. The van der Waals surface area contributed by atoms with Gasteiger partial charge in [0.2, 0.25) is 0 Å². The minimum absolute atomic E-state index is 0.0968. The first kappa shape index (κ1) is 15.9. The first-order valence-corrected chi connectivity index (χ1v) is 7.62. The molecule has 6 heteroatoms. The zero-order valence-corrected chi connectivity index (χ0v) is 13.5. The number of rotatable bonds is 4. The third-order valence-electron chi connectivity index (χ3n) is 3.55. The Kier molecular flexibility index (Phi) is 4.37. The Hall–Kier alpha value is -3.02. The summed E-state index contributed by atoms with van der Waals surface area (Å²) < 4.78 is 10.9. The van der Waals surface area contributed by atoms with Crippen LogP contribution in [0.4, 0.5) is 11.4 Å². The van der Waals surface area contributed by atoms with E-state index in [1.54, 1.807) is 31.2 Å². The van der Waals surface area contributed by atoms with Crippen molar-refractivity contribution in [1.82, 2.24) is 0 Å². The average molecular weight is 326 g/mol. The molecule has 124 valence electrons. The van der Waals surface area contributed by atoms with Crippen LogP contribution in [0.5, 0.6) is 11.5 Å². The van der Waals surface area contributed by atoms with Crippen molar-refractivity contribution in [2.75, 3.05) is 17.2 Å². The Balaban J connectivity index is 1.61. The predicted molar refractivity (Wildman–Crippen MR) is 90.5 cm³/mol. The Bertz CT molecular complexity index is 788. The molecule has 6 nitrogen and oxygen atoms in total. The standard InChI is InChI=1S/C18H18N2O4/c1-11-4-3-5-14(8-11)23-10-17(21)19-13-6-7-16-15(9-13)20-18(22)12(2)24-16/h3-9,12H,10H2,1-2H3,(H,19,21)(H,20,22)/t12-/m1/s1. The predicted octanol–water partition coefficient (Wildman–Crippen LogP) is 2.73. The summed E-state index contributed by atoms with van der Waals surface area (Å²) in [7, 11) is 0. The van der Waals surface area contributed by atoms with Crippen LogP contribution in [-0.2, 0) is 9.59 Å². The third kappa shape index (κ3) is 3.65. The number of anilines is 2. The molecule has 24 heavy (non-hydrogen) atoms. The highest BCUT2D eigenvalue weighted by Gasteiger charge is 2.23. The normalized spacial score (nSPS) is 15.8. The van der Waals surface area contributed by atoms with E-state index in [2.05, 4.69) is 10.6 Å². The van der Waals surface area contributed by atoms with E-state index < -0.39 is 6.10 Å². The monoisotopic (exact) mass is 326 g/mol. The van der Waals surface area contributed by atoms with Crippen LogP contribution in [0, 0.1) is 6.92 Å². The maximum absolute atomic E-state index is 12.0. The number of carbonyl (C=O) groups excluding carboxylic acids is 2. The van der Waals surface area contributed by atoms with Crippen LogP contribution in [0.2, 0.25) is 0 Å². The van der Waals surface area contributed by atoms with Crippen molar-refractivity contribution in [3.8, 4) is 11.5 Å². The maximum Gasteiger partial charge on any atom is 0.265 e. The van der Waals surface area contributed by atoms with Gasteiger partial charge in [0.05, 0.1) is 5.69 Å². The van der Waals surface area contributed by atoms with Crippen molar-refractivity contribution in [2.45, 2.75) is 20.0 Å². The lowest BCUT2D eigenvalue weighted by molar-refractivity contribution is -0.122. The van der Waals surface area contributed by atoms with Gasteiger partial charge in [-0.3, -0.25) is 9.59 Å². The molecular weight excluding hydrogens is 308 g/mol. The average Bonchev–Trinajstić information content (AvgIpc) is 2.54. The molecule has 2 aromatic rings. The van der Waals surface area contributed by atoms with Gasteiger partial charge in [0.1, 0.15) is 11.5 Å². The van der Waals surface area contributed by atoms with E-state index in [4.69, 9.17) is 9.47 Å². The summed E-state index contributed by atoms with van der Waals surface area (Å²) in [6, 6.07) is 12.6. The Morgan fingerprint density at radius 2 is 2.12 bits per heavy atom. The van der Waals surface area contributed by atoms with E-state index in [9.17, 15) is 9.59 Å². The van der Waals surface area contributed by atoms with Crippen LogP contribution in [0.1, 0.15) is 12.5 Å². The van der Waals surface area contributed by atoms with Gasteiger partial charge in [-0.25, -0.2) is 0 Å². The van der Waals surface area contributed by atoms with Crippen LogP contribution in [0.25, 0.3) is 0 Å². The molecule has 0 radical (unpaired) electrons. The summed E-state index contributed by atoms with van der Waals surface area (Å²) in [6.45, 7) is 3.54. The van der Waals surface area contributed by atoms with Crippen molar-refractivity contribution in [3.63, 3.8) is 0 Å². The second-order valence-electron chi connectivity index (χ2n) is 5.61. The molecule has 0 aliphatic carbocycles. The van der Waals surface area contributed by atoms with Crippen LogP contribution in [-0.4, -0.2) is 24.5 Å². The van der Waals surface area contributed by atoms with Crippen molar-refractivity contribution in [1.29, 1.82) is 0 Å². The third-order valence-corrected chi connectivity index (χ3v) is 3.55. The number of hydrogen-bond acceptors (Lipinski definition) is 4. The highest BCUT2D eigenvalue weighted by atomic mass is 16.5. The number of nitrogens with one attached hydrogen (secondary N) is 2. The van der Waals surface area contributed by atoms with Crippen LogP contribution >= 0.6 is 0 Å². The van der Waals surface area contributed by atoms with E-state index in [1.165, 1.54) is 0 Å². The molecule has 2 amide bonds. The lowest BCUT2D eigenvalue weighted by atomic mass is 10.2. The number of hydrogen-bond donors (Lipinski definition) is 2. The molecular formula is C18H18N2O4. The van der Waals surface area contributed by atoms with Gasteiger partial charge in [-0.05, 0) is 49.7 Å². The lowest BCUT2D eigenvalue weighted by Gasteiger charge is -2.23. The lowest BCUT2D eigenvalue weighted by Crippen LogP contribution is -2.34. The molecule has 0 spiro atoms. The van der Waals surface area contributed by atoms with Gasteiger partial charge in [0, 0.05) is 5.69 Å². The molecule has 1 aliphatic rings. The van der Waals surface area contributed by atoms with E-state index in [0.717, 1.165) is 5.56 Å². The molecule has 0 unspecified atom stereocenters. The molecule has 1 aliphatic heterocycles. The number of fused-ring (bicyclic) bond motifs is 1. The number of carbonyl (C=O) groups is 2. The van der Waals surface area contributed by atoms with E-state index in [-0.39, 0.29) is 18.4 Å². The highest BCUT2D eigenvalue weighted by Crippen LogP contribution is 2.32. The fraction of sp³-hybridized carbons (Fsp3) is 0.222. The summed E-state index contributed by atoms with van der Waals surface area (Å²) in [6.07, 6.45) is -0.527. The topological polar surface area (TPSA) is 76.7 Å². The van der Waals surface area contributed by atoms with Gasteiger partial charge >= 0.3 is 0 Å². The minimum atomic E-state index is -0.527. The highest BCUT2D eigenvalue weighted by molar-refractivity contribution is 5.99. The summed E-state index contributed by atoms with van der Waals surface area (Å²) in [5.74, 6) is 0.725. The van der Waals surface area contributed by atoms with Gasteiger partial charge in [0.25, 0.3) is 11.8 Å². The molecule has 0 saturated carbocycles. The Labute approximate surface area is 139 Å². The summed E-state index contributed by atoms with van der Waals surface area (Å²) in [5, 5.41) is 5.47. The second kappa shape index (κ2) is 6.62. The van der Waals surface area contributed by atoms with Crippen LogP contribution in [0.15, 0.2) is 42.5 Å². The van der Waals surface area contributed by atoms with Gasteiger partial charge in [-0.2, -0.15) is 0 Å². The van der Waals surface area contributed by atoms with Gasteiger partial charge in [0.15, 0.2) is 12.7 Å². The van der Waals surface area contributed by atoms with Gasteiger partial charge in [-0.1, -0.05) is 12.1 Å². The van der Waals surface area contributed by atoms with Gasteiger partial charge < -0.3 is 20.1 Å². The Morgan fingerprint density at radius 3 is 2.92 bits per heavy atom. The molecule has 0 fully saturated rings. The first-order valence-electron chi connectivity index (χ1n) is 7.62. The fourth-order valence-corrected chi connectivity index (χ4v) is 2.34. The molecule has 2 N–H and O–H groups in total. The van der Waals surface area contributed by atoms with Crippen molar-refractivity contribution in [2.24, 2.45) is 0 Å². The minimum Gasteiger partial charge on any atom is -0.484 e. The number of aryl methyl sites for hydroxylation is 1. The molecule has 0 aromatic heterocycles. The summed E-state index contributed by atoms with van der Waals surface area (Å²) in [5.41, 5.74) is 2.16. The largest absolute Gasteiger partial charge is 0.484 e. The van der Waals surface area contributed by atoms with Crippen molar-refractivity contribution in [3.05, 3.63) is 48.0 Å². The second-order valence-corrected chi connectivity index (χ2v) is 5.61. The number of benzene rings is 2. The van der Waals surface area contributed by atoms with Gasteiger partial charge in [-0.15, -0.1) is 0 Å².